The Kier molecular flexibility index (Phi) is 14.6. The molecule has 0 aromatic heterocycles. The van der Waals surface area contributed by atoms with E-state index in [-0.39, 0.29) is 26.2 Å². The van der Waals surface area contributed by atoms with E-state index in [9.17, 15) is 0 Å². The van der Waals surface area contributed by atoms with Crippen LogP contribution in [0.1, 0.15) is 41.5 Å². The molecule has 0 atom stereocenters. The van der Waals surface area contributed by atoms with Crippen molar-refractivity contribution in [2.24, 2.45) is 10.8 Å². The first kappa shape index (κ1) is 29.9. The summed E-state index contributed by atoms with van der Waals surface area (Å²) >= 11 is 5.87. The van der Waals surface area contributed by atoms with E-state index in [1.54, 1.807) is 7.11 Å². The first-order valence-corrected chi connectivity index (χ1v) is 11.1. The molecule has 1 aromatic carbocycles. The summed E-state index contributed by atoms with van der Waals surface area (Å²) in [4.78, 5) is 0. The molecule has 0 spiro atoms. The maximum Gasteiger partial charge on any atom is 2.00 e. The van der Waals surface area contributed by atoms with Crippen molar-refractivity contribution in [3.63, 3.8) is 0 Å². The summed E-state index contributed by atoms with van der Waals surface area (Å²) in [5, 5.41) is 0. The van der Waals surface area contributed by atoms with E-state index in [2.05, 4.69) is 125 Å². The number of hydrogen-bond acceptors (Lipinski definition) is 1. The predicted octanol–water partition coefficient (Wildman–Crippen LogP) is 4.16. The first-order chi connectivity index (χ1) is 13.0. The van der Waals surface area contributed by atoms with Crippen molar-refractivity contribution in [1.82, 2.24) is 0 Å². The van der Waals surface area contributed by atoms with Crippen molar-refractivity contribution in [1.29, 1.82) is 0 Å². The molecule has 1 nitrogen and oxygen atoms in total. The van der Waals surface area contributed by atoms with Crippen LogP contribution in [0, 0.1) is 74.0 Å². The third-order valence-corrected chi connectivity index (χ3v) is 6.47. The molecule has 2 aliphatic carbocycles. The van der Waals surface area contributed by atoms with Gasteiger partial charge in [-0.15, -0.1) is 0 Å². The first-order valence-electron chi connectivity index (χ1n) is 9.42. The molecule has 3 rings (SSSR count). The Labute approximate surface area is 217 Å². The van der Waals surface area contributed by atoms with Gasteiger partial charge in [0, 0.05) is 0 Å². The number of methoxy groups -OCH3 is 1. The topological polar surface area (TPSA) is 9.23 Å². The largest absolute Gasteiger partial charge is 2.00 e. The van der Waals surface area contributed by atoms with E-state index in [1.165, 1.54) is 11.8 Å². The molecule has 2 aliphatic rings. The summed E-state index contributed by atoms with van der Waals surface area (Å²) in [6.45, 7) is 13.3. The Morgan fingerprint density at radius 3 is 1.31 bits per heavy atom. The summed E-state index contributed by atoms with van der Waals surface area (Å²) in [6.07, 6.45) is 17.0. The minimum absolute atomic E-state index is 0. The molecule has 0 heterocycles. The van der Waals surface area contributed by atoms with Gasteiger partial charge in [-0.3, -0.25) is 0 Å². The number of ether oxygens (including phenoxy) is 1. The van der Waals surface area contributed by atoms with E-state index in [1.807, 2.05) is 18.2 Å². The summed E-state index contributed by atoms with van der Waals surface area (Å²) in [5.74, 6) is 3.72. The fourth-order valence-corrected chi connectivity index (χ4v) is 3.24. The van der Waals surface area contributed by atoms with Crippen molar-refractivity contribution < 1.29 is 30.9 Å². The molecule has 0 saturated heterocycles. The maximum absolute atomic E-state index is 5.07. The minimum Gasteiger partial charge on any atom is 2.00 e. The fraction of sp³-hybridized carbons (Fsp3) is 0.360. The molecule has 29 heavy (non-hydrogen) atoms. The van der Waals surface area contributed by atoms with Gasteiger partial charge in [-0.25, -0.2) is 0 Å². The van der Waals surface area contributed by atoms with Gasteiger partial charge in [-0.1, -0.05) is 41.5 Å². The summed E-state index contributed by atoms with van der Waals surface area (Å²) < 4.78 is 7.22. The quantitative estimate of drug-likeness (QED) is 0.442. The Hall–Kier alpha value is 0.942. The Balaban J connectivity index is 0.000000399. The van der Waals surface area contributed by atoms with Gasteiger partial charge >= 0.3 is 103 Å². The van der Waals surface area contributed by atoms with Crippen LogP contribution in [0.2, 0.25) is 0 Å². The SMILES string of the molecule is CC(C)(C)[C]1[CH][CH][CH][CH]1.CC(C)(C)[C]1[CH][CH][CH][CH]1.COc1cccc([Se])c1[Se].[Zr+2]. The molecule has 2 fully saturated rings. The Bertz CT molecular complexity index is 537. The number of hydrogen-bond donors (Lipinski definition) is 0. The monoisotopic (exact) mass is 598 g/mol. The maximum atomic E-state index is 5.07. The molecular weight excluding hydrogens is 565 g/mol. The van der Waals surface area contributed by atoms with Crippen molar-refractivity contribution in [2.45, 2.75) is 41.5 Å². The molecule has 0 unspecified atom stereocenters. The number of rotatable bonds is 1. The molecule has 4 heteroatoms. The second kappa shape index (κ2) is 14.2. The van der Waals surface area contributed by atoms with Crippen LogP contribution in [-0.2, 0) is 26.2 Å². The van der Waals surface area contributed by atoms with Crippen molar-refractivity contribution in [2.75, 3.05) is 7.11 Å². The molecule has 1 aromatic rings. The van der Waals surface area contributed by atoms with Crippen LogP contribution < -0.4 is 13.7 Å². The molecule has 0 amide bonds. The van der Waals surface area contributed by atoms with Gasteiger partial charge in [-0.2, -0.15) is 0 Å². The summed E-state index contributed by atoms with van der Waals surface area (Å²) in [7, 11) is 1.66. The van der Waals surface area contributed by atoms with Crippen molar-refractivity contribution in [3.05, 3.63) is 81.4 Å². The standard InChI is InChI=1S/2C9H13.C7H6OSe2.Zr/c2*1-9(2,3)8-6-4-5-7-8;1-8-5-3-2-4-6(9)7(5)10;/h2*4-7H,1-3H3;2-4H,1H3;/q;;;+2. The zero-order valence-corrected chi connectivity index (χ0v) is 24.5. The van der Waals surface area contributed by atoms with Gasteiger partial charge in [0.2, 0.25) is 0 Å². The van der Waals surface area contributed by atoms with Crippen LogP contribution >= 0.6 is 0 Å². The van der Waals surface area contributed by atoms with Gasteiger partial charge in [0.05, 0.1) is 0 Å². The molecule has 0 bridgehead atoms. The van der Waals surface area contributed by atoms with Gasteiger partial charge in [0.25, 0.3) is 0 Å². The van der Waals surface area contributed by atoms with Gasteiger partial charge in [0.1, 0.15) is 0 Å². The van der Waals surface area contributed by atoms with Gasteiger partial charge < -0.3 is 0 Å². The van der Waals surface area contributed by atoms with Crippen LogP contribution in [0.5, 0.6) is 5.75 Å². The van der Waals surface area contributed by atoms with E-state index in [0.29, 0.717) is 10.8 Å². The van der Waals surface area contributed by atoms with Crippen LogP contribution in [0.4, 0.5) is 0 Å². The van der Waals surface area contributed by atoms with Crippen molar-refractivity contribution >= 4 is 40.9 Å². The summed E-state index contributed by atoms with van der Waals surface area (Å²) in [6, 6.07) is 5.87. The Morgan fingerprint density at radius 1 is 0.690 bits per heavy atom. The van der Waals surface area contributed by atoms with Crippen LogP contribution in [-0.4, -0.2) is 39.1 Å². The van der Waals surface area contributed by atoms with E-state index >= 15 is 0 Å². The predicted molar refractivity (Wildman–Crippen MR) is 124 cm³/mol. The van der Waals surface area contributed by atoms with Crippen LogP contribution in [0.15, 0.2) is 18.2 Å². The van der Waals surface area contributed by atoms with E-state index < -0.39 is 0 Å². The smallest absolute Gasteiger partial charge is 2.00 e. The van der Waals surface area contributed by atoms with E-state index in [0.717, 1.165) is 14.7 Å². The Morgan fingerprint density at radius 2 is 1.07 bits per heavy atom. The molecule has 0 N–H and O–H groups in total. The average Bonchev–Trinajstić information content (AvgIpc) is 3.31. The number of benzene rings is 1. The van der Waals surface area contributed by atoms with Crippen LogP contribution in [0.3, 0.4) is 0 Å². The zero-order chi connectivity index (χ0) is 21.4. The zero-order valence-electron chi connectivity index (χ0n) is 18.6. The fourth-order valence-electron chi connectivity index (χ4n) is 2.40. The second-order valence-electron chi connectivity index (χ2n) is 8.63. The normalized spacial score (nSPS) is 17.5. The molecule has 152 valence electrons. The van der Waals surface area contributed by atoms with Crippen LogP contribution in [0.25, 0.3) is 0 Å². The van der Waals surface area contributed by atoms with Crippen molar-refractivity contribution in [3.8, 4) is 5.75 Å². The van der Waals surface area contributed by atoms with Gasteiger partial charge in [-0.05, 0) is 74.0 Å². The molecule has 0 aliphatic heterocycles. The molecular formula is C25H32OSe2Zr+2. The van der Waals surface area contributed by atoms with Gasteiger partial charge in [0.15, 0.2) is 0 Å². The second-order valence-corrected chi connectivity index (χ2v) is 10.4. The summed E-state index contributed by atoms with van der Waals surface area (Å²) in [5.41, 5.74) is 0.646. The third kappa shape index (κ3) is 11.4. The minimum atomic E-state index is 0. The van der Waals surface area contributed by atoms with E-state index in [4.69, 9.17) is 4.74 Å². The average molecular weight is 598 g/mol. The molecule has 12 radical (unpaired) electrons. The molecule has 2 saturated carbocycles. The third-order valence-electron chi connectivity index (χ3n) is 4.22.